The normalized spacial score (nSPS) is 20.5. The lowest BCUT2D eigenvalue weighted by atomic mass is 9.86. The van der Waals surface area contributed by atoms with Crippen LogP contribution in [0.5, 0.6) is 0 Å². The number of benzene rings is 3. The van der Waals surface area contributed by atoms with Crippen molar-refractivity contribution in [2.75, 3.05) is 6.54 Å². The molecule has 0 radical (unpaired) electrons. The predicted octanol–water partition coefficient (Wildman–Crippen LogP) is 5.66. The summed E-state index contributed by atoms with van der Waals surface area (Å²) < 4.78 is 0. The van der Waals surface area contributed by atoms with Crippen molar-refractivity contribution in [3.63, 3.8) is 0 Å². The molecule has 4 heteroatoms. The van der Waals surface area contributed by atoms with E-state index in [-0.39, 0.29) is 11.8 Å². The maximum atomic E-state index is 13.8. The molecule has 1 N–H and O–H groups in total. The van der Waals surface area contributed by atoms with E-state index in [4.69, 9.17) is 0 Å². The Labute approximate surface area is 195 Å². The van der Waals surface area contributed by atoms with Crippen LogP contribution in [0.4, 0.5) is 0 Å². The van der Waals surface area contributed by atoms with Gasteiger partial charge in [0.05, 0.1) is 0 Å². The van der Waals surface area contributed by atoms with Crippen molar-refractivity contribution in [2.24, 2.45) is 5.92 Å². The maximum absolute atomic E-state index is 13.8. The average molecular weight is 439 g/mol. The maximum Gasteiger partial charge on any atom is 0.256 e. The van der Waals surface area contributed by atoms with Gasteiger partial charge in [-0.1, -0.05) is 85.5 Å². The smallest absolute Gasteiger partial charge is 0.256 e. The van der Waals surface area contributed by atoms with Crippen molar-refractivity contribution < 1.29 is 9.59 Å². The molecule has 1 aliphatic carbocycles. The summed E-state index contributed by atoms with van der Waals surface area (Å²) in [5.74, 6) is 0.245. The predicted molar refractivity (Wildman–Crippen MR) is 130 cm³/mol. The lowest BCUT2D eigenvalue weighted by Gasteiger charge is -2.42. The van der Waals surface area contributed by atoms with E-state index < -0.39 is 5.66 Å². The van der Waals surface area contributed by atoms with Gasteiger partial charge in [-0.25, -0.2) is 0 Å². The van der Waals surface area contributed by atoms with Gasteiger partial charge < -0.3 is 10.2 Å². The number of nitrogens with zero attached hydrogens (tertiary/aromatic N) is 1. The second-order valence-corrected chi connectivity index (χ2v) is 9.36. The first-order chi connectivity index (χ1) is 16.1. The molecule has 0 spiro atoms. The lowest BCUT2D eigenvalue weighted by molar-refractivity contribution is 0.0445. The first-order valence-corrected chi connectivity index (χ1v) is 12.0. The largest absolute Gasteiger partial charge is 0.321 e. The van der Waals surface area contributed by atoms with E-state index in [9.17, 15) is 9.59 Å². The minimum Gasteiger partial charge on any atom is -0.321 e. The number of hydrogen-bond acceptors (Lipinski definition) is 2. The van der Waals surface area contributed by atoms with Crippen LogP contribution in [0.1, 0.15) is 69.5 Å². The number of fused-ring (bicyclic) bond motifs is 1. The molecule has 4 nitrogen and oxygen atoms in total. The molecule has 1 aliphatic heterocycles. The van der Waals surface area contributed by atoms with Gasteiger partial charge in [-0.15, -0.1) is 0 Å². The van der Waals surface area contributed by atoms with Gasteiger partial charge in [-0.3, -0.25) is 9.59 Å². The van der Waals surface area contributed by atoms with Crippen molar-refractivity contribution >= 4 is 11.8 Å². The molecule has 0 saturated heterocycles. The summed E-state index contributed by atoms with van der Waals surface area (Å²) in [5.41, 5.74) is 3.11. The van der Waals surface area contributed by atoms with Crippen LogP contribution in [-0.2, 0) is 5.66 Å². The third kappa shape index (κ3) is 3.84. The average Bonchev–Trinajstić information content (AvgIpc) is 3.09. The van der Waals surface area contributed by atoms with E-state index in [0.717, 1.165) is 29.5 Å². The highest BCUT2D eigenvalue weighted by Crippen LogP contribution is 2.44. The fourth-order valence-electron chi connectivity index (χ4n) is 5.42. The van der Waals surface area contributed by atoms with Crippen molar-refractivity contribution in [1.82, 2.24) is 10.2 Å². The summed E-state index contributed by atoms with van der Waals surface area (Å²) >= 11 is 0. The van der Waals surface area contributed by atoms with E-state index in [1.54, 1.807) is 0 Å². The molecule has 0 bridgehead atoms. The van der Waals surface area contributed by atoms with Crippen LogP contribution in [0.25, 0.3) is 0 Å². The molecular formula is C29H30N2O2. The molecule has 1 heterocycles. The lowest BCUT2D eigenvalue weighted by Crippen LogP contribution is -2.58. The number of carbonyl (C=O) groups is 2. The van der Waals surface area contributed by atoms with Crippen LogP contribution >= 0.6 is 0 Å². The fraction of sp³-hybridized carbons (Fsp3) is 0.310. The number of rotatable bonds is 5. The van der Waals surface area contributed by atoms with E-state index >= 15 is 0 Å². The van der Waals surface area contributed by atoms with Crippen molar-refractivity contribution in [1.29, 1.82) is 0 Å². The highest BCUT2D eigenvalue weighted by molar-refractivity contribution is 6.03. The van der Waals surface area contributed by atoms with E-state index in [2.05, 4.69) is 17.4 Å². The van der Waals surface area contributed by atoms with Crippen LogP contribution in [0.2, 0.25) is 0 Å². The quantitative estimate of drug-likeness (QED) is 0.559. The summed E-state index contributed by atoms with van der Waals surface area (Å²) in [4.78, 5) is 29.3. The Morgan fingerprint density at radius 3 is 2.30 bits per heavy atom. The number of carbonyl (C=O) groups excluding carboxylic acids is 2. The summed E-state index contributed by atoms with van der Waals surface area (Å²) in [6, 6.07) is 25.2. The fourth-order valence-corrected chi connectivity index (χ4v) is 5.42. The second-order valence-electron chi connectivity index (χ2n) is 9.36. The number of nitrogens with one attached hydrogen (secondary N) is 1. The summed E-state index contributed by atoms with van der Waals surface area (Å²) in [6.45, 7) is 2.68. The molecule has 2 amide bonds. The highest BCUT2D eigenvalue weighted by atomic mass is 16.2. The SMILES string of the molecule is Cc1ccc(C2(NC(=O)c3ccccc3)c3ccccc3C(=O)N2CC2CCCCC2)cc1. The van der Waals surface area contributed by atoms with Gasteiger partial charge in [0.25, 0.3) is 11.8 Å². The Morgan fingerprint density at radius 2 is 1.58 bits per heavy atom. The van der Waals surface area contributed by atoms with Crippen molar-refractivity contribution in [3.8, 4) is 0 Å². The van der Waals surface area contributed by atoms with Crippen LogP contribution in [0.3, 0.4) is 0 Å². The van der Waals surface area contributed by atoms with E-state index in [1.165, 1.54) is 19.3 Å². The van der Waals surface area contributed by atoms with Crippen LogP contribution < -0.4 is 5.32 Å². The number of aryl methyl sites for hydroxylation is 1. The standard InChI is InChI=1S/C29H30N2O2/c1-21-16-18-24(19-17-21)29(30-27(32)23-12-6-3-7-13-23)26-15-9-8-14-25(26)28(33)31(29)20-22-10-4-2-5-11-22/h3,6-9,12-19,22H,2,4-5,10-11,20H2,1H3,(H,30,32). The Kier molecular flexibility index (Phi) is 5.76. The van der Waals surface area contributed by atoms with Crippen LogP contribution in [0.15, 0.2) is 78.9 Å². The van der Waals surface area contributed by atoms with Crippen LogP contribution in [-0.4, -0.2) is 23.3 Å². The molecule has 0 aromatic heterocycles. The molecule has 1 atom stereocenters. The third-order valence-corrected chi connectivity index (χ3v) is 7.16. The Bertz CT molecular complexity index is 1150. The Balaban J connectivity index is 1.66. The summed E-state index contributed by atoms with van der Waals surface area (Å²) in [6.07, 6.45) is 5.91. The van der Waals surface area contributed by atoms with Crippen molar-refractivity contribution in [3.05, 3.63) is 107 Å². The van der Waals surface area contributed by atoms with Gasteiger partial charge >= 0.3 is 0 Å². The van der Waals surface area contributed by atoms with Crippen molar-refractivity contribution in [2.45, 2.75) is 44.7 Å². The van der Waals surface area contributed by atoms with Gasteiger partial charge in [0.1, 0.15) is 0 Å². The van der Waals surface area contributed by atoms with Crippen LogP contribution in [0, 0.1) is 12.8 Å². The summed E-state index contributed by atoms with van der Waals surface area (Å²) in [7, 11) is 0. The molecule has 2 aliphatic rings. The molecule has 33 heavy (non-hydrogen) atoms. The molecule has 3 aromatic rings. The number of amides is 2. The Morgan fingerprint density at radius 1 is 0.909 bits per heavy atom. The van der Waals surface area contributed by atoms with Gasteiger partial charge in [0, 0.05) is 28.8 Å². The monoisotopic (exact) mass is 438 g/mol. The Hall–Kier alpha value is -3.40. The molecule has 3 aromatic carbocycles. The first kappa shape index (κ1) is 21.4. The molecule has 168 valence electrons. The minimum atomic E-state index is -1.04. The minimum absolute atomic E-state index is 0.00916. The molecule has 1 unspecified atom stereocenters. The second kappa shape index (κ2) is 8.86. The van der Waals surface area contributed by atoms with Gasteiger partial charge in [-0.05, 0) is 43.9 Å². The third-order valence-electron chi connectivity index (χ3n) is 7.16. The van der Waals surface area contributed by atoms with Gasteiger partial charge in [-0.2, -0.15) is 0 Å². The highest BCUT2D eigenvalue weighted by Gasteiger charge is 2.52. The summed E-state index contributed by atoms with van der Waals surface area (Å²) in [5, 5.41) is 3.34. The molecule has 5 rings (SSSR count). The van der Waals surface area contributed by atoms with Gasteiger partial charge in [0.2, 0.25) is 0 Å². The van der Waals surface area contributed by atoms with E-state index in [1.807, 2.05) is 78.6 Å². The zero-order valence-corrected chi connectivity index (χ0v) is 19.1. The zero-order valence-electron chi connectivity index (χ0n) is 19.1. The van der Waals surface area contributed by atoms with Gasteiger partial charge in [0.15, 0.2) is 5.66 Å². The van der Waals surface area contributed by atoms with E-state index in [0.29, 0.717) is 23.6 Å². The number of hydrogen-bond donors (Lipinski definition) is 1. The molecular weight excluding hydrogens is 408 g/mol. The first-order valence-electron chi connectivity index (χ1n) is 12.0. The topological polar surface area (TPSA) is 49.4 Å². The molecule has 1 saturated carbocycles. The zero-order chi connectivity index (χ0) is 22.8. The molecule has 1 fully saturated rings.